The molecule has 0 saturated carbocycles. The maximum absolute atomic E-state index is 13.3. The van der Waals surface area contributed by atoms with Gasteiger partial charge in [-0.2, -0.15) is 0 Å². The van der Waals surface area contributed by atoms with Crippen molar-refractivity contribution in [1.82, 2.24) is 30.6 Å². The van der Waals surface area contributed by atoms with Crippen LogP contribution in [0.5, 0.6) is 11.5 Å². The molecule has 2 heterocycles. The average molecular weight is 637 g/mol. The summed E-state index contributed by atoms with van der Waals surface area (Å²) in [6.07, 6.45) is -0.787. The first-order valence-electron chi connectivity index (χ1n) is 13.9. The second-order valence-corrected chi connectivity index (χ2v) is 9.95. The Bertz CT molecular complexity index is 1730. The van der Waals surface area contributed by atoms with Crippen molar-refractivity contribution in [2.45, 2.75) is 46.9 Å². The van der Waals surface area contributed by atoms with Crippen molar-refractivity contribution >= 4 is 17.6 Å². The molecular weight excluding hydrogens is 602 g/mol. The number of carbonyl (C=O) groups is 3. The summed E-state index contributed by atoms with van der Waals surface area (Å²) in [5.74, 6) is -1.06. The number of halogens is 2. The zero-order chi connectivity index (χ0) is 34.0. The number of nitrogens with one attached hydrogen (secondary N) is 2. The Morgan fingerprint density at radius 2 is 1.17 bits per heavy atom. The Morgan fingerprint density at radius 1 is 0.739 bits per heavy atom. The van der Waals surface area contributed by atoms with Crippen LogP contribution in [0.3, 0.4) is 0 Å². The van der Waals surface area contributed by atoms with Gasteiger partial charge in [-0.05, 0) is 68.3 Å². The molecule has 46 heavy (non-hydrogen) atoms. The van der Waals surface area contributed by atoms with Gasteiger partial charge in [-0.3, -0.25) is 14.4 Å². The van der Waals surface area contributed by atoms with Crippen LogP contribution in [0.25, 0.3) is 0 Å². The highest BCUT2D eigenvalue weighted by atomic mass is 19.1. The van der Waals surface area contributed by atoms with Crippen molar-refractivity contribution in [2.75, 3.05) is 14.2 Å². The van der Waals surface area contributed by atoms with Crippen LogP contribution >= 0.6 is 0 Å². The van der Waals surface area contributed by atoms with Crippen molar-refractivity contribution in [1.29, 1.82) is 0 Å². The van der Waals surface area contributed by atoms with Gasteiger partial charge in [0.2, 0.25) is 0 Å². The largest absolute Gasteiger partial charge is 0.494 e. The first kappa shape index (κ1) is 35.1. The topological polar surface area (TPSA) is 166 Å². The van der Waals surface area contributed by atoms with Gasteiger partial charge in [0, 0.05) is 20.0 Å². The number of benzene rings is 2. The molecule has 1 atom stereocenters. The zero-order valence-corrected chi connectivity index (χ0v) is 26.1. The molecule has 0 bridgehead atoms. The van der Waals surface area contributed by atoms with E-state index in [1.54, 1.807) is 32.9 Å². The summed E-state index contributed by atoms with van der Waals surface area (Å²) in [6, 6.07) is 11.5. The fourth-order valence-electron chi connectivity index (χ4n) is 3.96. The molecule has 1 unspecified atom stereocenters. The molecule has 0 aliphatic carbocycles. The molecule has 12 nitrogen and oxygen atoms in total. The number of hydrogen-bond donors (Lipinski definition) is 3. The summed E-state index contributed by atoms with van der Waals surface area (Å²) in [5.41, 5.74) is 2.21. The molecular formula is C32H34F2N6O6. The quantitative estimate of drug-likeness (QED) is 0.217. The van der Waals surface area contributed by atoms with Gasteiger partial charge in [-0.15, -0.1) is 0 Å². The van der Waals surface area contributed by atoms with Gasteiger partial charge >= 0.3 is 0 Å². The van der Waals surface area contributed by atoms with Crippen molar-refractivity contribution in [3.05, 3.63) is 106 Å². The summed E-state index contributed by atoms with van der Waals surface area (Å²) in [7, 11) is 2.75. The highest BCUT2D eigenvalue weighted by Gasteiger charge is 2.15. The molecule has 0 radical (unpaired) electrons. The van der Waals surface area contributed by atoms with E-state index in [0.29, 0.717) is 28.5 Å². The highest BCUT2D eigenvalue weighted by molar-refractivity contribution is 5.97. The lowest BCUT2D eigenvalue weighted by molar-refractivity contribution is 0.0936. The lowest BCUT2D eigenvalue weighted by atomic mass is 10.2. The lowest BCUT2D eigenvalue weighted by Gasteiger charge is -2.09. The number of methoxy groups -OCH3 is 2. The lowest BCUT2D eigenvalue weighted by Crippen LogP contribution is -2.25. The summed E-state index contributed by atoms with van der Waals surface area (Å²) in [4.78, 5) is 51.8. The number of rotatable bonds is 10. The number of carbonyl (C=O) groups excluding carboxylic acids is 3. The number of ketones is 1. The number of aliphatic hydroxyl groups is 1. The molecule has 2 aromatic heterocycles. The Kier molecular flexibility index (Phi) is 12.3. The third-order valence-electron chi connectivity index (χ3n) is 6.29. The number of ether oxygens (including phenoxy) is 2. The van der Waals surface area contributed by atoms with Gasteiger partial charge in [0.25, 0.3) is 11.8 Å². The van der Waals surface area contributed by atoms with Crippen molar-refractivity contribution in [3.8, 4) is 11.5 Å². The fraction of sp³-hybridized carbons (Fsp3) is 0.281. The molecule has 2 amide bonds. The molecule has 0 spiro atoms. The van der Waals surface area contributed by atoms with Crippen LogP contribution in [0, 0.1) is 25.5 Å². The minimum atomic E-state index is -0.787. The monoisotopic (exact) mass is 636 g/mol. The van der Waals surface area contributed by atoms with Crippen LogP contribution in [-0.2, 0) is 13.1 Å². The van der Waals surface area contributed by atoms with E-state index >= 15 is 0 Å². The van der Waals surface area contributed by atoms with E-state index in [4.69, 9.17) is 9.47 Å². The standard InChI is InChI=1S/C16H18FN3O3.C16H16FN3O3/c2*1-9(21)13-7-14(20-10(2)19-13)16(22)18-8-11-4-5-12(17)15(6-11)23-3/h4-7,9,21H,8H2,1-3H3,(H,18,22);4-7H,8H2,1-3H3,(H,18,22). The second kappa shape index (κ2) is 16.1. The number of aliphatic hydroxyl groups excluding tert-OH is 1. The third kappa shape index (κ3) is 9.82. The van der Waals surface area contributed by atoms with E-state index in [-0.39, 0.29) is 47.5 Å². The van der Waals surface area contributed by atoms with Gasteiger partial charge in [-0.25, -0.2) is 28.7 Å². The van der Waals surface area contributed by atoms with Crippen LogP contribution in [0.15, 0.2) is 48.5 Å². The Balaban J connectivity index is 0.000000250. The summed E-state index contributed by atoms with van der Waals surface area (Å²) in [5, 5.41) is 14.9. The van der Waals surface area contributed by atoms with Gasteiger partial charge in [0.1, 0.15) is 28.7 Å². The summed E-state index contributed by atoms with van der Waals surface area (Å²) in [6.45, 7) is 6.56. The Hall–Kier alpha value is -5.37. The Morgan fingerprint density at radius 3 is 1.61 bits per heavy atom. The maximum atomic E-state index is 13.3. The van der Waals surface area contributed by atoms with Crippen LogP contribution in [0.1, 0.15) is 79.9 Å². The molecule has 4 aromatic rings. The number of aromatic nitrogens is 4. The van der Waals surface area contributed by atoms with E-state index in [0.717, 1.165) is 0 Å². The van der Waals surface area contributed by atoms with E-state index in [1.807, 2.05) is 0 Å². The van der Waals surface area contributed by atoms with E-state index < -0.39 is 29.6 Å². The minimum Gasteiger partial charge on any atom is -0.494 e. The average Bonchev–Trinajstić information content (AvgIpc) is 3.03. The smallest absolute Gasteiger partial charge is 0.270 e. The highest BCUT2D eigenvalue weighted by Crippen LogP contribution is 2.19. The normalized spacial score (nSPS) is 11.1. The molecule has 0 aliphatic heterocycles. The molecule has 0 aliphatic rings. The first-order valence-corrected chi connectivity index (χ1v) is 13.9. The SMILES string of the molecule is COc1cc(CNC(=O)c2cc(C(C)=O)nc(C)n2)ccc1F.COc1cc(CNC(=O)c2cc(C(C)O)nc(C)n2)ccc1F. The van der Waals surface area contributed by atoms with E-state index in [2.05, 4.69) is 30.6 Å². The summed E-state index contributed by atoms with van der Waals surface area (Å²) >= 11 is 0. The van der Waals surface area contributed by atoms with Crippen LogP contribution in [0.4, 0.5) is 8.78 Å². The number of hydrogen-bond acceptors (Lipinski definition) is 10. The minimum absolute atomic E-state index is 0.105. The molecule has 2 aromatic carbocycles. The predicted octanol–water partition coefficient (Wildman–Crippen LogP) is 3.98. The van der Waals surface area contributed by atoms with Crippen LogP contribution in [-0.4, -0.2) is 56.9 Å². The molecule has 0 fully saturated rings. The van der Waals surface area contributed by atoms with Crippen LogP contribution in [0.2, 0.25) is 0 Å². The number of nitrogens with zero attached hydrogens (tertiary/aromatic N) is 4. The number of Topliss-reactive ketones (excluding diaryl/α,β-unsaturated/α-hetero) is 1. The number of aryl methyl sites for hydroxylation is 2. The van der Waals surface area contributed by atoms with Crippen molar-refractivity contribution in [3.63, 3.8) is 0 Å². The maximum Gasteiger partial charge on any atom is 0.270 e. The fourth-order valence-corrected chi connectivity index (χ4v) is 3.96. The van der Waals surface area contributed by atoms with Crippen molar-refractivity contribution < 1.29 is 37.7 Å². The predicted molar refractivity (Wildman–Crippen MR) is 162 cm³/mol. The van der Waals surface area contributed by atoms with Crippen molar-refractivity contribution in [2.24, 2.45) is 0 Å². The van der Waals surface area contributed by atoms with E-state index in [9.17, 15) is 28.3 Å². The Labute approximate surface area is 264 Å². The zero-order valence-electron chi connectivity index (χ0n) is 26.1. The first-order chi connectivity index (χ1) is 21.8. The molecule has 14 heteroatoms. The summed E-state index contributed by atoms with van der Waals surface area (Å²) < 4.78 is 36.5. The van der Waals surface area contributed by atoms with Gasteiger partial charge in [0.15, 0.2) is 28.9 Å². The molecule has 4 rings (SSSR count). The third-order valence-corrected chi connectivity index (χ3v) is 6.29. The number of amides is 2. The molecule has 3 N–H and O–H groups in total. The van der Waals surface area contributed by atoms with Gasteiger partial charge < -0.3 is 25.2 Å². The van der Waals surface area contributed by atoms with Crippen LogP contribution < -0.4 is 20.1 Å². The van der Waals surface area contributed by atoms with E-state index in [1.165, 1.54) is 57.5 Å². The van der Waals surface area contributed by atoms with Gasteiger partial charge in [0.05, 0.1) is 26.0 Å². The molecule has 242 valence electrons. The van der Waals surface area contributed by atoms with Gasteiger partial charge in [-0.1, -0.05) is 12.1 Å². The molecule has 0 saturated heterocycles. The second-order valence-electron chi connectivity index (χ2n) is 9.95.